The van der Waals surface area contributed by atoms with Gasteiger partial charge in [-0.1, -0.05) is 60.7 Å². The smallest absolute Gasteiger partial charge is 0.247 e. The fraction of sp³-hybridized carbons (Fsp3) is 0.515. The Morgan fingerprint density at radius 2 is 1.56 bits per heavy atom. The molecule has 2 aliphatic heterocycles. The first-order valence-electron chi connectivity index (χ1n) is 15.4. The number of amides is 4. The second-order valence-electron chi connectivity index (χ2n) is 12.1. The van der Waals surface area contributed by atoms with Crippen LogP contribution in [0, 0.1) is 5.92 Å². The molecule has 0 unspecified atom stereocenters. The van der Waals surface area contributed by atoms with Gasteiger partial charge in [-0.2, -0.15) is 0 Å². The van der Waals surface area contributed by atoms with Crippen molar-refractivity contribution < 1.29 is 24.3 Å². The second-order valence-corrected chi connectivity index (χ2v) is 12.1. The van der Waals surface area contributed by atoms with Gasteiger partial charge in [0.05, 0.1) is 18.2 Å². The summed E-state index contributed by atoms with van der Waals surface area (Å²) in [5, 5.41) is 19.0. The zero-order chi connectivity index (χ0) is 30.5. The van der Waals surface area contributed by atoms with Crippen molar-refractivity contribution in [3.8, 4) is 0 Å². The molecule has 1 saturated carbocycles. The summed E-state index contributed by atoms with van der Waals surface area (Å²) in [7, 11) is 1.66. The number of aliphatic hydroxyl groups is 1. The number of benzene rings is 2. The predicted molar refractivity (Wildman–Crippen MR) is 162 cm³/mol. The molecule has 0 aromatic heterocycles. The Morgan fingerprint density at radius 1 is 0.907 bits per heavy atom. The van der Waals surface area contributed by atoms with E-state index >= 15 is 0 Å². The molecule has 3 fully saturated rings. The van der Waals surface area contributed by atoms with E-state index in [1.807, 2.05) is 60.7 Å². The van der Waals surface area contributed by atoms with E-state index < -0.39 is 24.2 Å². The van der Waals surface area contributed by atoms with Gasteiger partial charge in [0.2, 0.25) is 23.6 Å². The first-order valence-corrected chi connectivity index (χ1v) is 15.4. The van der Waals surface area contributed by atoms with Crippen molar-refractivity contribution in [1.82, 2.24) is 25.8 Å². The lowest BCUT2D eigenvalue weighted by molar-refractivity contribution is -0.148. The van der Waals surface area contributed by atoms with Gasteiger partial charge >= 0.3 is 0 Å². The van der Waals surface area contributed by atoms with Gasteiger partial charge in [-0.15, -0.1) is 0 Å². The molecule has 2 saturated heterocycles. The lowest BCUT2D eigenvalue weighted by atomic mass is 9.98. The first-order chi connectivity index (χ1) is 20.8. The third kappa shape index (κ3) is 6.91. The van der Waals surface area contributed by atoms with Crippen molar-refractivity contribution in [2.24, 2.45) is 5.92 Å². The minimum Gasteiger partial charge on any atom is -0.393 e. The van der Waals surface area contributed by atoms with E-state index in [0.29, 0.717) is 45.1 Å². The van der Waals surface area contributed by atoms with Gasteiger partial charge < -0.3 is 30.9 Å². The summed E-state index contributed by atoms with van der Waals surface area (Å²) in [5.41, 5.74) is 1.88. The van der Waals surface area contributed by atoms with E-state index in [4.69, 9.17) is 0 Å². The van der Waals surface area contributed by atoms with Gasteiger partial charge in [-0.05, 0) is 63.6 Å². The van der Waals surface area contributed by atoms with Crippen molar-refractivity contribution in [1.29, 1.82) is 0 Å². The normalized spacial score (nSPS) is 26.4. The van der Waals surface area contributed by atoms with Crippen molar-refractivity contribution in [2.75, 3.05) is 20.1 Å². The zero-order valence-corrected chi connectivity index (χ0v) is 24.9. The van der Waals surface area contributed by atoms with Gasteiger partial charge in [0.15, 0.2) is 0 Å². The van der Waals surface area contributed by atoms with Crippen molar-refractivity contribution in [2.45, 2.75) is 81.8 Å². The second kappa shape index (κ2) is 13.7. The number of carbonyl (C=O) groups excluding carboxylic acids is 4. The molecule has 10 nitrogen and oxygen atoms in total. The Bertz CT molecular complexity index is 1250. The number of aliphatic hydroxyl groups excluding tert-OH is 1. The van der Waals surface area contributed by atoms with Crippen LogP contribution < -0.4 is 16.0 Å². The molecule has 0 spiro atoms. The number of nitrogens with one attached hydrogen (secondary N) is 3. The highest BCUT2D eigenvalue weighted by Gasteiger charge is 2.46. The maximum atomic E-state index is 14.2. The zero-order valence-electron chi connectivity index (χ0n) is 24.9. The molecule has 0 bridgehead atoms. The standard InChI is InChI=1S/C33H43N5O5/c1-21(34-2)30(40)35-27-20-37(32(42)24-13-15-26(39)19-24)18-17-25-14-16-28(38(25)33(27)43)31(41)36-29(22-9-5-3-6-10-22)23-11-7-4-8-12-23/h3-12,21,24-29,34,39H,13-20H2,1-2H3,(H,35,40)(H,36,41)/t21-,24-,25+,26-,27-,28-/m0/s1. The fourth-order valence-corrected chi connectivity index (χ4v) is 6.70. The number of likely N-dealkylation sites (N-methyl/N-ethyl adjacent to an activating group) is 1. The molecule has 2 aromatic carbocycles. The van der Waals surface area contributed by atoms with Crippen molar-refractivity contribution in [3.63, 3.8) is 0 Å². The fourth-order valence-electron chi connectivity index (χ4n) is 6.70. The van der Waals surface area contributed by atoms with Crippen LogP contribution in [0.2, 0.25) is 0 Å². The van der Waals surface area contributed by atoms with E-state index in [-0.39, 0.29) is 48.2 Å². The molecule has 5 rings (SSSR count). The highest BCUT2D eigenvalue weighted by Crippen LogP contribution is 2.33. The summed E-state index contributed by atoms with van der Waals surface area (Å²) in [5.74, 6) is -1.31. The third-order valence-electron chi connectivity index (χ3n) is 9.25. The van der Waals surface area contributed by atoms with Gasteiger partial charge in [-0.25, -0.2) is 0 Å². The van der Waals surface area contributed by atoms with Crippen LogP contribution in [-0.2, 0) is 19.2 Å². The van der Waals surface area contributed by atoms with Crippen LogP contribution in [0.25, 0.3) is 0 Å². The average molecular weight is 590 g/mol. The molecule has 6 atom stereocenters. The lowest BCUT2D eigenvalue weighted by Crippen LogP contribution is -2.62. The quantitative estimate of drug-likeness (QED) is 0.371. The van der Waals surface area contributed by atoms with Crippen molar-refractivity contribution in [3.05, 3.63) is 71.8 Å². The highest BCUT2D eigenvalue weighted by molar-refractivity contribution is 5.94. The molecule has 2 aromatic rings. The number of hydrogen-bond acceptors (Lipinski definition) is 6. The molecule has 4 N–H and O–H groups in total. The van der Waals surface area contributed by atoms with Gasteiger partial charge in [0.25, 0.3) is 0 Å². The third-order valence-corrected chi connectivity index (χ3v) is 9.25. The molecular formula is C33H43N5O5. The van der Waals surface area contributed by atoms with Crippen LogP contribution in [-0.4, -0.2) is 88.9 Å². The Labute approximate surface area is 253 Å². The minimum atomic E-state index is -0.992. The van der Waals surface area contributed by atoms with Crippen LogP contribution in [0.4, 0.5) is 0 Å². The molecule has 2 heterocycles. The van der Waals surface area contributed by atoms with Gasteiger partial charge in [-0.3, -0.25) is 19.2 Å². The maximum Gasteiger partial charge on any atom is 0.247 e. The van der Waals surface area contributed by atoms with E-state index in [0.717, 1.165) is 11.1 Å². The monoisotopic (exact) mass is 589 g/mol. The Morgan fingerprint density at radius 3 is 2.14 bits per heavy atom. The Hall–Kier alpha value is -3.76. The van der Waals surface area contributed by atoms with E-state index in [9.17, 15) is 24.3 Å². The molecular weight excluding hydrogens is 546 g/mol. The molecule has 0 radical (unpaired) electrons. The minimum absolute atomic E-state index is 0.0284. The summed E-state index contributed by atoms with van der Waals surface area (Å²) in [4.78, 5) is 58.0. The number of hydrogen-bond donors (Lipinski definition) is 4. The number of carbonyl (C=O) groups is 4. The molecule has 4 amide bonds. The summed E-state index contributed by atoms with van der Waals surface area (Å²) in [6, 6.07) is 16.6. The molecule has 43 heavy (non-hydrogen) atoms. The largest absolute Gasteiger partial charge is 0.393 e. The Kier molecular flexibility index (Phi) is 9.77. The average Bonchev–Trinajstić information content (AvgIpc) is 3.66. The van der Waals surface area contributed by atoms with Crippen LogP contribution in [0.15, 0.2) is 60.7 Å². The lowest BCUT2D eigenvalue weighted by Gasteiger charge is -2.39. The van der Waals surface area contributed by atoms with Crippen LogP contribution in [0.1, 0.15) is 62.6 Å². The summed E-state index contributed by atoms with van der Waals surface area (Å²) < 4.78 is 0. The van der Waals surface area contributed by atoms with Gasteiger partial charge in [0, 0.05) is 25.0 Å². The van der Waals surface area contributed by atoms with E-state index in [1.54, 1.807) is 23.8 Å². The van der Waals surface area contributed by atoms with Crippen LogP contribution in [0.5, 0.6) is 0 Å². The molecule has 3 aliphatic rings. The topological polar surface area (TPSA) is 131 Å². The van der Waals surface area contributed by atoms with Crippen molar-refractivity contribution >= 4 is 23.6 Å². The molecule has 10 heteroatoms. The predicted octanol–water partition coefficient (Wildman–Crippen LogP) is 1.74. The number of fused-ring (bicyclic) bond motifs is 1. The van der Waals surface area contributed by atoms with Gasteiger partial charge in [0.1, 0.15) is 12.1 Å². The summed E-state index contributed by atoms with van der Waals surface area (Å²) in [6.45, 7) is 2.15. The first kappa shape index (κ1) is 30.7. The van der Waals surface area contributed by atoms with E-state index in [2.05, 4.69) is 16.0 Å². The highest BCUT2D eigenvalue weighted by atomic mass is 16.3. The van der Waals surface area contributed by atoms with Crippen LogP contribution in [0.3, 0.4) is 0 Å². The summed E-state index contributed by atoms with van der Waals surface area (Å²) in [6.07, 6.45) is 2.79. The summed E-state index contributed by atoms with van der Waals surface area (Å²) >= 11 is 0. The number of rotatable bonds is 8. The van der Waals surface area contributed by atoms with E-state index in [1.165, 1.54) is 0 Å². The maximum absolute atomic E-state index is 14.2. The number of nitrogens with zero attached hydrogens (tertiary/aromatic N) is 2. The SMILES string of the molecule is CN[C@@H](C)C(=O)N[C@H]1CN(C(=O)[C@H]2CC[C@H](O)C2)CC[C@H]2CC[C@@H](C(=O)NC(c3ccccc3)c3ccccc3)N2C1=O. The van der Waals surface area contributed by atoms with Crippen LogP contribution >= 0.6 is 0 Å². The molecule has 1 aliphatic carbocycles. The molecule has 230 valence electrons. The Balaban J connectivity index is 1.39.